The number of aromatic nitrogens is 4. The van der Waals surface area contributed by atoms with Gasteiger partial charge >= 0.3 is 0 Å². The summed E-state index contributed by atoms with van der Waals surface area (Å²) in [7, 11) is 1.87. The topological polar surface area (TPSA) is 55.3 Å². The standard InChI is InChI=1S/C28H20Cl2N4O/c1-33-16-31-14-26(33)28(35)19-7-10-24-23(12-19)22(18-3-2-4-21(30)11-18)13-27-32-15-25(34(24)27)17-5-8-20(29)9-6-17/h2-16,28,35H,1H3. The van der Waals surface area contributed by atoms with Crippen LogP contribution in [0.3, 0.4) is 0 Å². The summed E-state index contributed by atoms with van der Waals surface area (Å²) in [5.41, 5.74) is 7.22. The molecule has 0 aliphatic carbocycles. The van der Waals surface area contributed by atoms with Crippen LogP contribution in [0.5, 0.6) is 0 Å². The van der Waals surface area contributed by atoms with Crippen LogP contribution >= 0.6 is 23.2 Å². The summed E-state index contributed by atoms with van der Waals surface area (Å²) in [5.74, 6) is 0. The Morgan fingerprint density at radius 2 is 1.69 bits per heavy atom. The lowest BCUT2D eigenvalue weighted by Crippen LogP contribution is -2.05. The lowest BCUT2D eigenvalue weighted by atomic mass is 9.97. The Bertz CT molecular complexity index is 1700. The third-order valence-electron chi connectivity index (χ3n) is 6.34. The first-order chi connectivity index (χ1) is 17.0. The number of halogens is 2. The molecule has 0 saturated heterocycles. The van der Waals surface area contributed by atoms with Crippen LogP contribution in [0.4, 0.5) is 0 Å². The van der Waals surface area contributed by atoms with Crippen molar-refractivity contribution in [2.45, 2.75) is 6.10 Å². The molecule has 6 aromatic rings. The lowest BCUT2D eigenvalue weighted by Gasteiger charge is -2.16. The van der Waals surface area contributed by atoms with Crippen LogP contribution in [0, 0.1) is 0 Å². The normalized spacial score (nSPS) is 12.5. The van der Waals surface area contributed by atoms with E-state index in [1.165, 1.54) is 0 Å². The number of benzene rings is 3. The summed E-state index contributed by atoms with van der Waals surface area (Å²) < 4.78 is 3.96. The second-order valence-electron chi connectivity index (χ2n) is 8.52. The van der Waals surface area contributed by atoms with Crippen molar-refractivity contribution in [3.63, 3.8) is 0 Å². The average Bonchev–Trinajstić information content (AvgIpc) is 3.49. The molecule has 0 aliphatic heterocycles. The maximum Gasteiger partial charge on any atom is 0.138 e. The number of aliphatic hydroxyl groups is 1. The van der Waals surface area contributed by atoms with Gasteiger partial charge in [-0.1, -0.05) is 53.5 Å². The third kappa shape index (κ3) is 3.78. The number of fused-ring (bicyclic) bond motifs is 3. The van der Waals surface area contributed by atoms with Gasteiger partial charge in [0.05, 0.1) is 35.6 Å². The number of imidazole rings is 2. The van der Waals surface area contributed by atoms with Crippen molar-refractivity contribution < 1.29 is 5.11 Å². The Labute approximate surface area is 211 Å². The van der Waals surface area contributed by atoms with E-state index in [1.54, 1.807) is 12.5 Å². The predicted molar refractivity (Wildman–Crippen MR) is 141 cm³/mol. The molecular formula is C28H20Cl2N4O. The molecule has 3 heterocycles. The largest absolute Gasteiger partial charge is 0.382 e. The van der Waals surface area contributed by atoms with E-state index in [4.69, 9.17) is 28.2 Å². The highest BCUT2D eigenvalue weighted by Gasteiger charge is 2.18. The van der Waals surface area contributed by atoms with Crippen LogP contribution in [0.1, 0.15) is 17.4 Å². The van der Waals surface area contributed by atoms with Crippen molar-refractivity contribution in [3.05, 3.63) is 113 Å². The average molecular weight is 499 g/mol. The first kappa shape index (κ1) is 21.9. The maximum atomic E-state index is 11.1. The zero-order valence-electron chi connectivity index (χ0n) is 18.7. The second kappa shape index (κ2) is 8.54. The monoisotopic (exact) mass is 498 g/mol. The molecular weight excluding hydrogens is 479 g/mol. The van der Waals surface area contributed by atoms with Gasteiger partial charge in [-0.2, -0.15) is 0 Å². The smallest absolute Gasteiger partial charge is 0.138 e. The number of nitrogens with zero attached hydrogens (tertiary/aromatic N) is 4. The van der Waals surface area contributed by atoms with Crippen molar-refractivity contribution >= 4 is 39.8 Å². The minimum atomic E-state index is -0.812. The van der Waals surface area contributed by atoms with Crippen molar-refractivity contribution in [2.75, 3.05) is 0 Å². The summed E-state index contributed by atoms with van der Waals surface area (Å²) in [4.78, 5) is 8.88. The number of rotatable bonds is 4. The molecule has 3 aromatic heterocycles. The Morgan fingerprint density at radius 3 is 2.43 bits per heavy atom. The van der Waals surface area contributed by atoms with Crippen LogP contribution in [-0.2, 0) is 7.05 Å². The van der Waals surface area contributed by atoms with E-state index in [1.807, 2.05) is 84.5 Å². The minimum Gasteiger partial charge on any atom is -0.382 e. The van der Waals surface area contributed by atoms with Gasteiger partial charge in [0.2, 0.25) is 0 Å². The molecule has 0 spiro atoms. The third-order valence-corrected chi connectivity index (χ3v) is 6.83. The molecule has 172 valence electrons. The van der Waals surface area contributed by atoms with Gasteiger partial charge in [-0.15, -0.1) is 0 Å². The van der Waals surface area contributed by atoms with E-state index in [9.17, 15) is 5.11 Å². The van der Waals surface area contributed by atoms with Gasteiger partial charge < -0.3 is 9.67 Å². The zero-order chi connectivity index (χ0) is 24.1. The molecule has 3 aromatic carbocycles. The van der Waals surface area contributed by atoms with Gasteiger partial charge in [0.15, 0.2) is 0 Å². The van der Waals surface area contributed by atoms with Crippen LogP contribution in [0.25, 0.3) is 38.9 Å². The quantitative estimate of drug-likeness (QED) is 0.286. The summed E-state index contributed by atoms with van der Waals surface area (Å²) in [6.07, 6.45) is 4.43. The van der Waals surface area contributed by atoms with E-state index in [2.05, 4.69) is 15.5 Å². The highest BCUT2D eigenvalue weighted by atomic mass is 35.5. The van der Waals surface area contributed by atoms with Gasteiger partial charge in [-0.05, 0) is 59.2 Å². The lowest BCUT2D eigenvalue weighted by molar-refractivity contribution is 0.211. The van der Waals surface area contributed by atoms with E-state index < -0.39 is 6.10 Å². The molecule has 0 fully saturated rings. The Morgan fingerprint density at radius 1 is 0.857 bits per heavy atom. The van der Waals surface area contributed by atoms with Crippen LogP contribution in [0.15, 0.2) is 91.5 Å². The number of hydrogen-bond acceptors (Lipinski definition) is 3. The van der Waals surface area contributed by atoms with Crippen molar-refractivity contribution in [1.29, 1.82) is 0 Å². The molecule has 0 saturated carbocycles. The first-order valence-corrected chi connectivity index (χ1v) is 11.9. The number of hydrogen-bond donors (Lipinski definition) is 1. The van der Waals surface area contributed by atoms with Crippen molar-refractivity contribution in [2.24, 2.45) is 7.05 Å². The summed E-state index contributed by atoms with van der Waals surface area (Å²) in [5, 5.41) is 13.5. The van der Waals surface area contributed by atoms with Crippen LogP contribution in [0.2, 0.25) is 10.0 Å². The molecule has 0 radical (unpaired) electrons. The van der Waals surface area contributed by atoms with Crippen LogP contribution in [-0.4, -0.2) is 24.0 Å². The first-order valence-electron chi connectivity index (χ1n) is 11.1. The van der Waals surface area contributed by atoms with Gasteiger partial charge in [0.1, 0.15) is 11.8 Å². The summed E-state index contributed by atoms with van der Waals surface area (Å²) >= 11 is 12.5. The number of aryl methyl sites for hydroxylation is 1. The Hall–Kier alpha value is -3.64. The Balaban J connectivity index is 1.64. The SMILES string of the molecule is Cn1cncc1C(O)c1ccc2c(c1)c(-c1cccc(Cl)c1)cc1ncc(-c3ccc(Cl)cc3)n12. The fourth-order valence-electron chi connectivity index (χ4n) is 4.58. The van der Waals surface area contributed by atoms with Crippen LogP contribution < -0.4 is 0 Å². The molecule has 5 nitrogen and oxygen atoms in total. The fourth-order valence-corrected chi connectivity index (χ4v) is 4.90. The van der Waals surface area contributed by atoms with Crippen molar-refractivity contribution in [1.82, 2.24) is 18.9 Å². The summed E-state index contributed by atoms with van der Waals surface area (Å²) in [6.45, 7) is 0. The molecule has 0 bridgehead atoms. The van der Waals surface area contributed by atoms with Gasteiger partial charge in [-0.3, -0.25) is 4.40 Å². The molecule has 6 rings (SSSR count). The van der Waals surface area contributed by atoms with E-state index in [-0.39, 0.29) is 0 Å². The fraction of sp³-hybridized carbons (Fsp3) is 0.0714. The predicted octanol–water partition coefficient (Wildman–Crippen LogP) is 6.94. The molecule has 1 N–H and O–H groups in total. The molecule has 1 unspecified atom stereocenters. The highest BCUT2D eigenvalue weighted by molar-refractivity contribution is 6.31. The number of pyridine rings is 1. The maximum absolute atomic E-state index is 11.1. The van der Waals surface area contributed by atoms with Gasteiger partial charge in [-0.25, -0.2) is 9.97 Å². The summed E-state index contributed by atoms with van der Waals surface area (Å²) in [6, 6.07) is 23.6. The van der Waals surface area contributed by atoms with Gasteiger partial charge in [0.25, 0.3) is 0 Å². The van der Waals surface area contributed by atoms with Crippen molar-refractivity contribution in [3.8, 4) is 22.4 Å². The highest BCUT2D eigenvalue weighted by Crippen LogP contribution is 2.36. The molecule has 35 heavy (non-hydrogen) atoms. The van der Waals surface area contributed by atoms with E-state index >= 15 is 0 Å². The second-order valence-corrected chi connectivity index (χ2v) is 9.39. The molecule has 7 heteroatoms. The molecule has 0 aliphatic rings. The van der Waals surface area contributed by atoms with E-state index in [0.29, 0.717) is 10.0 Å². The van der Waals surface area contributed by atoms with E-state index in [0.717, 1.165) is 50.2 Å². The Kier molecular flexibility index (Phi) is 5.33. The molecule has 1 atom stereocenters. The van der Waals surface area contributed by atoms with Gasteiger partial charge in [0, 0.05) is 28.0 Å². The zero-order valence-corrected chi connectivity index (χ0v) is 20.2. The number of aliphatic hydroxyl groups excluding tert-OH is 1. The minimum absolute atomic E-state index is 0.659. The molecule has 0 amide bonds.